The molecule has 0 aliphatic carbocycles. The van der Waals surface area contributed by atoms with Gasteiger partial charge in [-0.15, -0.1) is 0 Å². The van der Waals surface area contributed by atoms with Gasteiger partial charge in [-0.05, 0) is 16.3 Å². The van der Waals surface area contributed by atoms with Gasteiger partial charge < -0.3 is 20.8 Å². The van der Waals surface area contributed by atoms with Crippen LogP contribution in [0, 0.1) is 0 Å². The van der Waals surface area contributed by atoms with Gasteiger partial charge in [-0.1, -0.05) is 42.5 Å². The summed E-state index contributed by atoms with van der Waals surface area (Å²) < 4.78 is 0. The molecule has 0 spiro atoms. The molecule has 6 heteroatoms. The van der Waals surface area contributed by atoms with Crippen LogP contribution in [0.5, 0.6) is 0 Å². The number of nitrogens with one attached hydrogen (secondary N) is 2. The summed E-state index contributed by atoms with van der Waals surface area (Å²) in [5, 5.41) is 24.5. The number of carboxylic acid groups (broad SMARTS) is 1. The third kappa shape index (κ3) is 3.70. The Labute approximate surface area is 121 Å². The van der Waals surface area contributed by atoms with E-state index >= 15 is 0 Å². The van der Waals surface area contributed by atoms with Gasteiger partial charge in [0.05, 0.1) is 6.61 Å². The molecule has 0 aromatic heterocycles. The average molecular weight is 288 g/mol. The quantitative estimate of drug-likeness (QED) is 0.661. The molecule has 0 unspecified atom stereocenters. The number of aliphatic hydroxyl groups excluding tert-OH is 1. The number of urea groups is 1. The van der Waals surface area contributed by atoms with Crippen LogP contribution < -0.4 is 10.6 Å². The molecule has 21 heavy (non-hydrogen) atoms. The summed E-state index contributed by atoms with van der Waals surface area (Å²) in [5.74, 6) is -1.28. The normalized spacial score (nSPS) is 11.9. The van der Waals surface area contributed by atoms with Gasteiger partial charge in [0.2, 0.25) is 0 Å². The fourth-order valence-corrected chi connectivity index (χ4v) is 2.02. The van der Waals surface area contributed by atoms with Gasteiger partial charge >= 0.3 is 12.0 Å². The Kier molecular flexibility index (Phi) is 4.73. The predicted octanol–water partition coefficient (Wildman–Crippen LogP) is 1.08. The fraction of sp³-hybridized carbons (Fsp3) is 0.200. The second kappa shape index (κ2) is 6.71. The highest BCUT2D eigenvalue weighted by Crippen LogP contribution is 2.18. The maximum atomic E-state index is 11.6. The molecular weight excluding hydrogens is 272 g/mol. The number of aliphatic carboxylic acids is 1. The van der Waals surface area contributed by atoms with E-state index in [4.69, 9.17) is 10.2 Å². The summed E-state index contributed by atoms with van der Waals surface area (Å²) in [7, 11) is 0. The first kappa shape index (κ1) is 14.8. The first-order valence-corrected chi connectivity index (χ1v) is 6.46. The molecule has 2 amide bonds. The zero-order chi connectivity index (χ0) is 15.2. The average Bonchev–Trinajstić information content (AvgIpc) is 2.50. The minimum Gasteiger partial charge on any atom is -0.480 e. The van der Waals surface area contributed by atoms with Gasteiger partial charge in [0.25, 0.3) is 0 Å². The van der Waals surface area contributed by atoms with Crippen LogP contribution in [0.2, 0.25) is 0 Å². The summed E-state index contributed by atoms with van der Waals surface area (Å²) in [6, 6.07) is 11.6. The van der Waals surface area contributed by atoms with Crippen molar-refractivity contribution in [1.29, 1.82) is 0 Å². The molecule has 0 fully saturated rings. The van der Waals surface area contributed by atoms with Gasteiger partial charge in [0.1, 0.15) is 0 Å². The van der Waals surface area contributed by atoms with Crippen LogP contribution in [0.3, 0.4) is 0 Å². The second-order valence-corrected chi connectivity index (χ2v) is 4.54. The zero-order valence-corrected chi connectivity index (χ0v) is 11.2. The van der Waals surface area contributed by atoms with Crippen molar-refractivity contribution in [2.75, 3.05) is 6.61 Å². The Morgan fingerprint density at radius 2 is 1.81 bits per heavy atom. The summed E-state index contributed by atoms with van der Waals surface area (Å²) in [4.78, 5) is 22.3. The zero-order valence-electron chi connectivity index (χ0n) is 11.2. The molecule has 0 radical (unpaired) electrons. The van der Waals surface area contributed by atoms with Crippen LogP contribution >= 0.6 is 0 Å². The van der Waals surface area contributed by atoms with E-state index in [1.54, 1.807) is 0 Å². The lowest BCUT2D eigenvalue weighted by molar-refractivity contribution is -0.140. The molecule has 0 heterocycles. The van der Waals surface area contributed by atoms with Gasteiger partial charge in [0.15, 0.2) is 6.04 Å². The van der Waals surface area contributed by atoms with E-state index in [0.717, 1.165) is 16.3 Å². The van der Waals surface area contributed by atoms with Crippen LogP contribution in [0.15, 0.2) is 42.5 Å². The number of carbonyl (C=O) groups excluding carboxylic acids is 1. The van der Waals surface area contributed by atoms with Crippen molar-refractivity contribution in [3.63, 3.8) is 0 Å². The minimum absolute atomic E-state index is 0.269. The van der Waals surface area contributed by atoms with E-state index in [1.165, 1.54) is 0 Å². The molecule has 2 aromatic rings. The van der Waals surface area contributed by atoms with E-state index in [-0.39, 0.29) is 6.54 Å². The fourth-order valence-electron chi connectivity index (χ4n) is 2.02. The smallest absolute Gasteiger partial charge is 0.328 e. The van der Waals surface area contributed by atoms with Crippen molar-refractivity contribution in [3.05, 3.63) is 48.0 Å². The maximum absolute atomic E-state index is 11.6. The van der Waals surface area contributed by atoms with Crippen LogP contribution in [-0.2, 0) is 11.3 Å². The molecule has 4 N–H and O–H groups in total. The molecule has 110 valence electrons. The minimum atomic E-state index is -1.31. The van der Waals surface area contributed by atoms with Crippen molar-refractivity contribution >= 4 is 22.8 Å². The largest absolute Gasteiger partial charge is 0.480 e. The lowest BCUT2D eigenvalue weighted by Gasteiger charge is -2.13. The van der Waals surface area contributed by atoms with E-state index in [9.17, 15) is 9.59 Å². The highest BCUT2D eigenvalue weighted by atomic mass is 16.4. The van der Waals surface area contributed by atoms with Crippen molar-refractivity contribution in [2.45, 2.75) is 12.6 Å². The summed E-state index contributed by atoms with van der Waals surface area (Å²) >= 11 is 0. The summed E-state index contributed by atoms with van der Waals surface area (Å²) in [6.45, 7) is -0.387. The number of amides is 2. The van der Waals surface area contributed by atoms with Crippen LogP contribution in [-0.4, -0.2) is 34.9 Å². The number of hydrogen-bond acceptors (Lipinski definition) is 3. The standard InChI is InChI=1S/C15H16N2O4/c18-9-13(14(19)20)17-15(21)16-8-11-6-3-5-10-4-1-2-7-12(10)11/h1-7,13,18H,8-9H2,(H,19,20)(H2,16,17,21)/t13-/m0/s1. The van der Waals surface area contributed by atoms with Gasteiger partial charge in [-0.3, -0.25) is 0 Å². The second-order valence-electron chi connectivity index (χ2n) is 4.54. The number of benzene rings is 2. The Bertz CT molecular complexity index is 652. The maximum Gasteiger partial charge on any atom is 0.328 e. The van der Waals surface area contributed by atoms with Crippen molar-refractivity contribution in [1.82, 2.24) is 10.6 Å². The molecule has 0 saturated carbocycles. The predicted molar refractivity (Wildman–Crippen MR) is 77.8 cm³/mol. The van der Waals surface area contributed by atoms with Crippen molar-refractivity contribution in [2.24, 2.45) is 0 Å². The highest BCUT2D eigenvalue weighted by molar-refractivity contribution is 5.86. The third-order valence-electron chi connectivity index (χ3n) is 3.11. The van der Waals surface area contributed by atoms with Crippen LogP contribution in [0.25, 0.3) is 10.8 Å². The molecule has 6 nitrogen and oxygen atoms in total. The van der Waals surface area contributed by atoms with Crippen molar-refractivity contribution < 1.29 is 19.8 Å². The molecule has 0 aliphatic rings. The Hall–Kier alpha value is -2.60. The number of fused-ring (bicyclic) bond motifs is 1. The molecular formula is C15H16N2O4. The SMILES string of the molecule is O=C(NCc1cccc2ccccc12)N[C@@H](CO)C(=O)O. The van der Waals surface area contributed by atoms with Gasteiger partial charge in [-0.2, -0.15) is 0 Å². The molecule has 0 saturated heterocycles. The van der Waals surface area contributed by atoms with Gasteiger partial charge in [-0.25, -0.2) is 9.59 Å². The number of carbonyl (C=O) groups is 2. The van der Waals surface area contributed by atoms with Crippen LogP contribution in [0.1, 0.15) is 5.56 Å². The van der Waals surface area contributed by atoms with Crippen LogP contribution in [0.4, 0.5) is 4.79 Å². The Morgan fingerprint density at radius 3 is 2.52 bits per heavy atom. The van der Waals surface area contributed by atoms with E-state index < -0.39 is 24.6 Å². The van der Waals surface area contributed by atoms with Gasteiger partial charge in [0, 0.05) is 6.54 Å². The lowest BCUT2D eigenvalue weighted by Crippen LogP contribution is -2.47. The van der Waals surface area contributed by atoms with E-state index in [1.807, 2.05) is 42.5 Å². The number of carboxylic acids is 1. The first-order valence-electron chi connectivity index (χ1n) is 6.46. The third-order valence-corrected chi connectivity index (χ3v) is 3.11. The first-order chi connectivity index (χ1) is 10.1. The van der Waals surface area contributed by atoms with E-state index in [2.05, 4.69) is 10.6 Å². The Morgan fingerprint density at radius 1 is 1.10 bits per heavy atom. The highest BCUT2D eigenvalue weighted by Gasteiger charge is 2.18. The van der Waals surface area contributed by atoms with Crippen molar-refractivity contribution in [3.8, 4) is 0 Å². The monoisotopic (exact) mass is 288 g/mol. The molecule has 0 aliphatic heterocycles. The molecule has 2 rings (SSSR count). The molecule has 0 bridgehead atoms. The van der Waals surface area contributed by atoms with E-state index in [0.29, 0.717) is 0 Å². The molecule has 1 atom stereocenters. The summed E-state index contributed by atoms with van der Waals surface area (Å²) in [5.41, 5.74) is 0.930. The number of rotatable bonds is 5. The number of hydrogen-bond donors (Lipinski definition) is 4. The summed E-state index contributed by atoms with van der Waals surface area (Å²) in [6.07, 6.45) is 0. The number of aliphatic hydroxyl groups is 1. The molecule has 2 aromatic carbocycles. The Balaban J connectivity index is 2.02. The topological polar surface area (TPSA) is 98.7 Å². The lowest BCUT2D eigenvalue weighted by atomic mass is 10.0.